The molecule has 4 heterocycles. The van der Waals surface area contributed by atoms with Crippen molar-refractivity contribution in [3.8, 4) is 45.7 Å². The number of rotatable bonds is 11. The summed E-state index contributed by atoms with van der Waals surface area (Å²) in [4.78, 5) is 39.3. The molecule has 12 heteroatoms. The molecule has 0 spiro atoms. The normalized spacial score (nSPS) is 15.2. The standard InChI is InChI=1S/C23H25N3O3.C22H23N3O3/c1-23(2)11-10-18-17(12-23)13-24-14-19(18)22-25-21(26-29-22)16-8-6-15(7-9-16)4-3-5-20(27)28;1-22(2)10-9-17-16(11-22)12-23-13-18(17)21-24-20(25-28-21)15-6-3-14(4-7-15)5-8-19(26)27/h6-9,13-14H,3-5,10-12H2,1-2H3,(H,27,28);3-4,6-7,12-13H,5,8-11H2,1-2H3,(H,26,27). The third kappa shape index (κ3) is 9.68. The van der Waals surface area contributed by atoms with Crippen molar-refractivity contribution < 1.29 is 28.8 Å². The summed E-state index contributed by atoms with van der Waals surface area (Å²) in [6, 6.07) is 15.5. The van der Waals surface area contributed by atoms with Gasteiger partial charge < -0.3 is 19.3 Å². The van der Waals surface area contributed by atoms with Crippen LogP contribution >= 0.6 is 0 Å². The van der Waals surface area contributed by atoms with Crippen molar-refractivity contribution in [2.75, 3.05) is 0 Å². The molecule has 0 aliphatic heterocycles. The fraction of sp³-hybridized carbons (Fsp3) is 0.378. The Morgan fingerprint density at radius 2 is 1.05 bits per heavy atom. The maximum Gasteiger partial charge on any atom is 0.303 e. The Bertz CT molecular complexity index is 2360. The van der Waals surface area contributed by atoms with Gasteiger partial charge in [-0.15, -0.1) is 0 Å². The van der Waals surface area contributed by atoms with Crippen molar-refractivity contribution in [1.82, 2.24) is 30.2 Å². The summed E-state index contributed by atoms with van der Waals surface area (Å²) in [5, 5.41) is 25.8. The topological polar surface area (TPSA) is 178 Å². The zero-order valence-corrected chi connectivity index (χ0v) is 32.9. The quantitative estimate of drug-likeness (QED) is 0.128. The number of pyridine rings is 2. The van der Waals surface area contributed by atoms with Crippen molar-refractivity contribution in [2.24, 2.45) is 10.8 Å². The molecule has 0 radical (unpaired) electrons. The van der Waals surface area contributed by atoms with E-state index in [0.717, 1.165) is 78.3 Å². The smallest absolute Gasteiger partial charge is 0.303 e. The molecule has 8 rings (SSSR count). The first kappa shape index (κ1) is 39.2. The number of fused-ring (bicyclic) bond motifs is 2. The first-order valence-corrected chi connectivity index (χ1v) is 19.5. The Kier molecular flexibility index (Phi) is 11.4. The minimum Gasteiger partial charge on any atom is -0.481 e. The second kappa shape index (κ2) is 16.6. The highest BCUT2D eigenvalue weighted by Crippen LogP contribution is 2.40. The van der Waals surface area contributed by atoms with Crippen LogP contribution in [-0.4, -0.2) is 52.4 Å². The molecule has 2 N–H and O–H groups in total. The molecule has 2 aromatic carbocycles. The van der Waals surface area contributed by atoms with E-state index in [-0.39, 0.29) is 18.3 Å². The number of carboxylic acid groups (broad SMARTS) is 2. The van der Waals surface area contributed by atoms with Crippen LogP contribution in [0.2, 0.25) is 0 Å². The first-order valence-electron chi connectivity index (χ1n) is 19.5. The average Bonchev–Trinajstić information content (AvgIpc) is 3.88. The van der Waals surface area contributed by atoms with Gasteiger partial charge in [-0.1, -0.05) is 86.5 Å². The van der Waals surface area contributed by atoms with Gasteiger partial charge in [0.15, 0.2) is 0 Å². The molecule has 0 saturated heterocycles. The van der Waals surface area contributed by atoms with Crippen molar-refractivity contribution >= 4 is 11.9 Å². The van der Waals surface area contributed by atoms with Crippen LogP contribution < -0.4 is 0 Å². The van der Waals surface area contributed by atoms with E-state index >= 15 is 0 Å². The van der Waals surface area contributed by atoms with Gasteiger partial charge in [0, 0.05) is 48.8 Å². The number of aromatic nitrogens is 6. The lowest BCUT2D eigenvalue weighted by atomic mass is 9.74. The molecule has 0 saturated carbocycles. The Balaban J connectivity index is 0.000000174. The largest absolute Gasteiger partial charge is 0.481 e. The second-order valence-electron chi connectivity index (χ2n) is 16.7. The monoisotopic (exact) mass is 768 g/mol. The molecule has 2 aliphatic rings. The van der Waals surface area contributed by atoms with E-state index < -0.39 is 11.9 Å². The highest BCUT2D eigenvalue weighted by molar-refractivity contribution is 5.68. The lowest BCUT2D eigenvalue weighted by molar-refractivity contribution is -0.138. The zero-order valence-electron chi connectivity index (χ0n) is 32.9. The van der Waals surface area contributed by atoms with Crippen molar-refractivity contribution in [1.29, 1.82) is 0 Å². The summed E-state index contributed by atoms with van der Waals surface area (Å²) in [6.07, 6.45) is 15.9. The molecular formula is C45H48N6O6. The van der Waals surface area contributed by atoms with E-state index in [1.807, 2.05) is 73.3 Å². The molecule has 0 amide bonds. The highest BCUT2D eigenvalue weighted by Gasteiger charge is 2.30. The SMILES string of the molecule is CC1(C)CCc2c(cncc2-c2nc(-c3ccc(CCC(=O)O)cc3)no2)C1.CC1(C)CCc2c(cncc2-c2nc(-c3ccc(CCCC(=O)O)cc3)no2)C1. The van der Waals surface area contributed by atoms with Gasteiger partial charge in [0.2, 0.25) is 11.6 Å². The number of hydrogen-bond acceptors (Lipinski definition) is 10. The molecule has 57 heavy (non-hydrogen) atoms. The zero-order chi connectivity index (χ0) is 40.2. The second-order valence-corrected chi connectivity index (χ2v) is 16.7. The van der Waals surface area contributed by atoms with Gasteiger partial charge in [0.1, 0.15) is 0 Å². The fourth-order valence-corrected chi connectivity index (χ4v) is 7.70. The molecule has 0 bridgehead atoms. The number of carboxylic acids is 2. The number of carbonyl (C=O) groups is 2. The molecular weight excluding hydrogens is 721 g/mol. The summed E-state index contributed by atoms with van der Waals surface area (Å²) in [7, 11) is 0. The van der Waals surface area contributed by atoms with E-state index in [9.17, 15) is 9.59 Å². The number of aliphatic carboxylic acids is 2. The van der Waals surface area contributed by atoms with E-state index in [1.54, 1.807) is 0 Å². The maximum absolute atomic E-state index is 10.7. The predicted octanol–water partition coefficient (Wildman–Crippen LogP) is 9.05. The number of benzene rings is 2. The highest BCUT2D eigenvalue weighted by atomic mass is 16.5. The Morgan fingerprint density at radius 1 is 0.614 bits per heavy atom. The summed E-state index contributed by atoms with van der Waals surface area (Å²) < 4.78 is 11.1. The third-order valence-corrected chi connectivity index (χ3v) is 11.0. The summed E-state index contributed by atoms with van der Waals surface area (Å²) in [5.41, 5.74) is 11.3. The van der Waals surface area contributed by atoms with Crippen LogP contribution in [0, 0.1) is 10.8 Å². The van der Waals surface area contributed by atoms with Crippen molar-refractivity contribution in [3.05, 3.63) is 107 Å². The molecule has 12 nitrogen and oxygen atoms in total. The first-order chi connectivity index (χ1) is 27.3. The lowest BCUT2D eigenvalue weighted by Crippen LogP contribution is -2.22. The van der Waals surface area contributed by atoms with E-state index in [0.29, 0.717) is 41.7 Å². The van der Waals surface area contributed by atoms with Crippen LogP contribution in [0.5, 0.6) is 0 Å². The van der Waals surface area contributed by atoms with E-state index in [4.69, 9.17) is 19.3 Å². The number of nitrogens with zero attached hydrogens (tertiary/aromatic N) is 6. The molecule has 4 aromatic heterocycles. The van der Waals surface area contributed by atoms with Crippen LogP contribution in [0.15, 0.2) is 82.4 Å². The van der Waals surface area contributed by atoms with Gasteiger partial charge in [0.25, 0.3) is 11.8 Å². The van der Waals surface area contributed by atoms with E-state index in [1.165, 1.54) is 22.3 Å². The van der Waals surface area contributed by atoms with Crippen LogP contribution in [0.1, 0.15) is 93.2 Å². The van der Waals surface area contributed by atoms with Gasteiger partial charge in [-0.2, -0.15) is 9.97 Å². The number of hydrogen-bond donors (Lipinski definition) is 2. The number of aryl methyl sites for hydroxylation is 2. The van der Waals surface area contributed by atoms with Crippen LogP contribution in [0.3, 0.4) is 0 Å². The fourth-order valence-electron chi connectivity index (χ4n) is 7.70. The average molecular weight is 769 g/mol. The maximum atomic E-state index is 10.7. The lowest BCUT2D eigenvalue weighted by Gasteiger charge is -2.31. The molecule has 0 unspecified atom stereocenters. The van der Waals surface area contributed by atoms with Gasteiger partial charge in [0.05, 0.1) is 11.1 Å². The minimum absolute atomic E-state index is 0.120. The molecule has 294 valence electrons. The van der Waals surface area contributed by atoms with Gasteiger partial charge in [-0.3, -0.25) is 19.6 Å². The van der Waals surface area contributed by atoms with E-state index in [2.05, 4.69) is 57.9 Å². The van der Waals surface area contributed by atoms with Gasteiger partial charge in [-0.05, 0) is 102 Å². The summed E-state index contributed by atoms with van der Waals surface area (Å²) >= 11 is 0. The minimum atomic E-state index is -0.796. The Morgan fingerprint density at radius 3 is 1.49 bits per heavy atom. The van der Waals surface area contributed by atoms with Crippen LogP contribution in [0.25, 0.3) is 45.7 Å². The third-order valence-electron chi connectivity index (χ3n) is 11.0. The summed E-state index contributed by atoms with van der Waals surface area (Å²) in [6.45, 7) is 9.15. The van der Waals surface area contributed by atoms with Gasteiger partial charge in [-0.25, -0.2) is 0 Å². The van der Waals surface area contributed by atoms with Gasteiger partial charge >= 0.3 is 11.9 Å². The Labute approximate surface area is 331 Å². The summed E-state index contributed by atoms with van der Waals surface area (Å²) in [5.74, 6) is 0.514. The molecule has 0 atom stereocenters. The predicted molar refractivity (Wildman–Crippen MR) is 214 cm³/mol. The van der Waals surface area contributed by atoms with Crippen molar-refractivity contribution in [2.45, 2.75) is 98.3 Å². The molecule has 0 fully saturated rings. The van der Waals surface area contributed by atoms with Crippen LogP contribution in [0.4, 0.5) is 0 Å². The van der Waals surface area contributed by atoms with Crippen molar-refractivity contribution in [3.63, 3.8) is 0 Å². The van der Waals surface area contributed by atoms with Crippen LogP contribution in [-0.2, 0) is 48.1 Å². The Hall–Kier alpha value is -6.04. The molecule has 6 aromatic rings. The molecule has 2 aliphatic carbocycles.